The van der Waals surface area contributed by atoms with Gasteiger partial charge in [0.1, 0.15) is 0 Å². The number of anilines is 1. The first-order chi connectivity index (χ1) is 12.1. The average molecular weight is 398 g/mol. The lowest BCUT2D eigenvalue weighted by atomic mass is 10.0. The Labute approximate surface area is 155 Å². The molecule has 0 fully saturated rings. The minimum absolute atomic E-state index is 0.351. The Balaban J connectivity index is 1.79. The van der Waals surface area contributed by atoms with Crippen LogP contribution in [0.2, 0.25) is 0 Å². The van der Waals surface area contributed by atoms with Crippen molar-refractivity contribution in [3.63, 3.8) is 0 Å². The van der Waals surface area contributed by atoms with Crippen molar-refractivity contribution in [2.24, 2.45) is 0 Å². The Bertz CT molecular complexity index is 865. The first kappa shape index (κ1) is 17.4. The minimum atomic E-state index is -1.71. The van der Waals surface area contributed by atoms with E-state index in [1.54, 1.807) is 25.2 Å². The Morgan fingerprint density at radius 1 is 0.880 bits per heavy atom. The van der Waals surface area contributed by atoms with Crippen LogP contribution in [-0.2, 0) is 4.79 Å². The van der Waals surface area contributed by atoms with E-state index in [1.165, 1.54) is 4.90 Å². The Hall–Kier alpha value is -2.46. The second-order valence-electron chi connectivity index (χ2n) is 5.70. The van der Waals surface area contributed by atoms with Gasteiger partial charge in [0, 0.05) is 11.5 Å². The molecular weight excluding hydrogens is 381 g/mol. The van der Waals surface area contributed by atoms with Crippen LogP contribution in [-0.4, -0.2) is 13.0 Å². The molecule has 1 unspecified atom stereocenters. The topological polar surface area (TPSA) is 20.3 Å². The molecule has 3 aromatic rings. The van der Waals surface area contributed by atoms with Crippen LogP contribution in [0.25, 0.3) is 11.1 Å². The fourth-order valence-corrected chi connectivity index (χ4v) is 3.18. The lowest BCUT2D eigenvalue weighted by Gasteiger charge is -2.21. The summed E-state index contributed by atoms with van der Waals surface area (Å²) in [5, 5.41) is 0. The van der Waals surface area contributed by atoms with Crippen LogP contribution in [0.1, 0.15) is 11.7 Å². The number of hydrogen-bond acceptors (Lipinski definition) is 1. The van der Waals surface area contributed by atoms with E-state index in [1.807, 2.05) is 60.7 Å². The quantitative estimate of drug-likeness (QED) is 0.545. The van der Waals surface area contributed by atoms with Crippen molar-refractivity contribution in [2.45, 2.75) is 6.17 Å². The van der Waals surface area contributed by atoms with Crippen LogP contribution in [0.3, 0.4) is 0 Å². The molecule has 2 nitrogen and oxygen atoms in total. The Kier molecular flexibility index (Phi) is 5.29. The number of carbonyl (C=O) groups excluding carboxylic acids is 1. The SMILES string of the molecule is CN(C(=O)C(F)c1ccc(-c2ccccc2)cc1)c1ccccc1Br. The molecule has 25 heavy (non-hydrogen) atoms. The molecule has 0 aliphatic rings. The molecule has 0 heterocycles. The van der Waals surface area contributed by atoms with Gasteiger partial charge in [-0.05, 0) is 44.8 Å². The fraction of sp³-hybridized carbons (Fsp3) is 0.0952. The molecule has 3 rings (SSSR count). The van der Waals surface area contributed by atoms with Crippen molar-refractivity contribution in [1.82, 2.24) is 0 Å². The maximum Gasteiger partial charge on any atom is 0.265 e. The number of benzene rings is 3. The monoisotopic (exact) mass is 397 g/mol. The molecule has 0 saturated heterocycles. The highest BCUT2D eigenvalue weighted by Crippen LogP contribution is 2.29. The molecule has 1 atom stereocenters. The van der Waals surface area contributed by atoms with Gasteiger partial charge in [-0.3, -0.25) is 4.79 Å². The molecule has 0 aliphatic carbocycles. The summed E-state index contributed by atoms with van der Waals surface area (Å²) in [7, 11) is 1.58. The molecule has 0 bridgehead atoms. The van der Waals surface area contributed by atoms with Gasteiger partial charge in [-0.1, -0.05) is 66.7 Å². The van der Waals surface area contributed by atoms with Crippen LogP contribution in [0.4, 0.5) is 10.1 Å². The van der Waals surface area contributed by atoms with E-state index in [4.69, 9.17) is 0 Å². The summed E-state index contributed by atoms with van der Waals surface area (Å²) in [6.45, 7) is 0. The van der Waals surface area contributed by atoms with Gasteiger partial charge < -0.3 is 4.90 Å². The van der Waals surface area contributed by atoms with Gasteiger partial charge in [-0.15, -0.1) is 0 Å². The van der Waals surface area contributed by atoms with Gasteiger partial charge in [0.05, 0.1) is 5.69 Å². The second-order valence-corrected chi connectivity index (χ2v) is 6.55. The Morgan fingerprint density at radius 3 is 2.08 bits per heavy atom. The predicted molar refractivity (Wildman–Crippen MR) is 103 cm³/mol. The number of amides is 1. The largest absolute Gasteiger partial charge is 0.312 e. The minimum Gasteiger partial charge on any atom is -0.312 e. The number of hydrogen-bond donors (Lipinski definition) is 0. The number of carbonyl (C=O) groups is 1. The van der Waals surface area contributed by atoms with Crippen LogP contribution in [0.15, 0.2) is 83.3 Å². The maximum atomic E-state index is 14.7. The molecule has 0 aliphatic heterocycles. The van der Waals surface area contributed by atoms with Crippen molar-refractivity contribution >= 4 is 27.5 Å². The molecule has 0 saturated carbocycles. The number of alkyl halides is 1. The third kappa shape index (κ3) is 3.80. The number of likely N-dealkylation sites (N-methyl/N-ethyl adjacent to an activating group) is 1. The van der Waals surface area contributed by atoms with E-state index in [-0.39, 0.29) is 0 Å². The zero-order chi connectivity index (χ0) is 17.8. The van der Waals surface area contributed by atoms with Crippen molar-refractivity contribution in [2.75, 3.05) is 11.9 Å². The van der Waals surface area contributed by atoms with E-state index in [0.29, 0.717) is 11.3 Å². The van der Waals surface area contributed by atoms with Crippen LogP contribution in [0, 0.1) is 0 Å². The average Bonchev–Trinajstić information content (AvgIpc) is 2.67. The molecule has 0 spiro atoms. The van der Waals surface area contributed by atoms with E-state index in [2.05, 4.69) is 15.9 Å². The molecule has 3 aromatic carbocycles. The highest BCUT2D eigenvalue weighted by Gasteiger charge is 2.25. The predicted octanol–water partition coefficient (Wildman–Crippen LogP) is 5.79. The van der Waals surface area contributed by atoms with Gasteiger partial charge >= 0.3 is 0 Å². The lowest BCUT2D eigenvalue weighted by molar-refractivity contribution is -0.123. The smallest absolute Gasteiger partial charge is 0.265 e. The van der Waals surface area contributed by atoms with E-state index in [0.717, 1.165) is 15.6 Å². The summed E-state index contributed by atoms with van der Waals surface area (Å²) < 4.78 is 15.5. The third-order valence-electron chi connectivity index (χ3n) is 4.07. The van der Waals surface area contributed by atoms with Crippen molar-refractivity contribution in [3.05, 3.63) is 88.9 Å². The van der Waals surface area contributed by atoms with Gasteiger partial charge in [0.2, 0.25) is 6.17 Å². The highest BCUT2D eigenvalue weighted by atomic mass is 79.9. The number of halogens is 2. The van der Waals surface area contributed by atoms with Crippen LogP contribution < -0.4 is 4.90 Å². The molecule has 0 N–H and O–H groups in total. The zero-order valence-electron chi connectivity index (χ0n) is 13.7. The van der Waals surface area contributed by atoms with Gasteiger partial charge in [-0.2, -0.15) is 0 Å². The van der Waals surface area contributed by atoms with Crippen LogP contribution >= 0.6 is 15.9 Å². The summed E-state index contributed by atoms with van der Waals surface area (Å²) in [6.07, 6.45) is -1.71. The van der Waals surface area contributed by atoms with Gasteiger partial charge in [0.15, 0.2) is 0 Å². The molecule has 0 aromatic heterocycles. The molecular formula is C21H17BrFNO. The Morgan fingerprint density at radius 2 is 1.44 bits per heavy atom. The molecule has 1 amide bonds. The van der Waals surface area contributed by atoms with Crippen LogP contribution in [0.5, 0.6) is 0 Å². The highest BCUT2D eigenvalue weighted by molar-refractivity contribution is 9.10. The number of nitrogens with zero attached hydrogens (tertiary/aromatic N) is 1. The maximum absolute atomic E-state index is 14.7. The lowest BCUT2D eigenvalue weighted by Crippen LogP contribution is -2.30. The van der Waals surface area contributed by atoms with E-state index >= 15 is 0 Å². The molecule has 126 valence electrons. The number of para-hydroxylation sites is 1. The van der Waals surface area contributed by atoms with E-state index < -0.39 is 12.1 Å². The number of rotatable bonds is 4. The third-order valence-corrected chi connectivity index (χ3v) is 4.74. The molecule has 0 radical (unpaired) electrons. The summed E-state index contributed by atoms with van der Waals surface area (Å²) in [5.74, 6) is -0.598. The first-order valence-electron chi connectivity index (χ1n) is 7.89. The summed E-state index contributed by atoms with van der Waals surface area (Å²) in [5.41, 5.74) is 3.03. The fourth-order valence-electron chi connectivity index (χ4n) is 2.63. The normalized spacial score (nSPS) is 11.8. The van der Waals surface area contributed by atoms with Crippen molar-refractivity contribution < 1.29 is 9.18 Å². The van der Waals surface area contributed by atoms with Crippen molar-refractivity contribution in [3.8, 4) is 11.1 Å². The zero-order valence-corrected chi connectivity index (χ0v) is 15.3. The van der Waals surface area contributed by atoms with Crippen molar-refractivity contribution in [1.29, 1.82) is 0 Å². The summed E-state index contributed by atoms with van der Waals surface area (Å²) in [4.78, 5) is 13.8. The second kappa shape index (κ2) is 7.62. The standard InChI is InChI=1S/C21H17BrFNO/c1-24(19-10-6-5-9-18(19)22)21(25)20(23)17-13-11-16(12-14-17)15-7-3-2-4-8-15/h2-14,20H,1H3. The summed E-state index contributed by atoms with van der Waals surface area (Å²) in [6, 6.07) is 24.1. The summed E-state index contributed by atoms with van der Waals surface area (Å²) >= 11 is 3.39. The van der Waals surface area contributed by atoms with Gasteiger partial charge in [-0.25, -0.2) is 4.39 Å². The van der Waals surface area contributed by atoms with E-state index in [9.17, 15) is 9.18 Å². The molecule has 4 heteroatoms. The van der Waals surface area contributed by atoms with Gasteiger partial charge in [0.25, 0.3) is 5.91 Å². The first-order valence-corrected chi connectivity index (χ1v) is 8.69.